The van der Waals surface area contributed by atoms with Crippen molar-refractivity contribution in [2.24, 2.45) is 7.05 Å². The summed E-state index contributed by atoms with van der Waals surface area (Å²) in [7, 11) is 2.14. The molecular weight excluding hydrogens is 333 g/mol. The summed E-state index contributed by atoms with van der Waals surface area (Å²) < 4.78 is 3.61. The van der Waals surface area contributed by atoms with Crippen LogP contribution in [0, 0.1) is 10.5 Å². The van der Waals surface area contributed by atoms with Crippen LogP contribution in [0.3, 0.4) is 0 Å². The summed E-state index contributed by atoms with van der Waals surface area (Å²) in [6, 6.07) is 17.3. The largest absolute Gasteiger partial charge is 0.343 e. The van der Waals surface area contributed by atoms with E-state index >= 15 is 0 Å². The molecule has 1 aromatic heterocycles. The molecule has 0 aliphatic carbocycles. The minimum absolute atomic E-state index is 1.28. The Bertz CT molecular complexity index is 669. The average Bonchev–Trinajstić information content (AvgIpc) is 2.64. The third kappa shape index (κ3) is 1.75. The fourth-order valence-electron chi connectivity index (χ4n) is 2.38. The van der Waals surface area contributed by atoms with Gasteiger partial charge in [0.2, 0.25) is 0 Å². The van der Waals surface area contributed by atoms with Crippen molar-refractivity contribution in [3.8, 4) is 11.3 Å². The van der Waals surface area contributed by atoms with E-state index in [4.69, 9.17) is 0 Å². The van der Waals surface area contributed by atoms with Crippen LogP contribution in [-0.4, -0.2) is 4.57 Å². The summed E-state index contributed by atoms with van der Waals surface area (Å²) in [5.74, 6) is 0. The molecule has 0 spiro atoms. The maximum Gasteiger partial charge on any atom is 0.0624 e. The highest BCUT2D eigenvalue weighted by Crippen LogP contribution is 2.33. The Hall–Kier alpha value is -1.29. The Labute approximate surface area is 121 Å². The molecule has 0 radical (unpaired) electrons. The monoisotopic (exact) mass is 347 g/mol. The van der Waals surface area contributed by atoms with Crippen molar-refractivity contribution in [2.45, 2.75) is 6.92 Å². The zero-order valence-corrected chi connectivity index (χ0v) is 12.6. The van der Waals surface area contributed by atoms with Crippen molar-refractivity contribution in [3.05, 3.63) is 57.7 Å². The molecule has 0 saturated heterocycles. The second-order valence-electron chi connectivity index (χ2n) is 4.60. The molecule has 0 aliphatic rings. The van der Waals surface area contributed by atoms with Crippen molar-refractivity contribution in [2.75, 3.05) is 0 Å². The molecule has 2 heteroatoms. The lowest BCUT2D eigenvalue weighted by Gasteiger charge is -2.05. The van der Waals surface area contributed by atoms with Gasteiger partial charge in [0, 0.05) is 21.5 Å². The Morgan fingerprint density at radius 3 is 2.28 bits per heavy atom. The standard InChI is InChI=1S/C16H14IN/c1-11-7-9-12(10-8-11)16-15(17)13-5-3-4-6-14(13)18(16)2/h3-10H,1-2H3. The summed E-state index contributed by atoms with van der Waals surface area (Å²) in [4.78, 5) is 0. The van der Waals surface area contributed by atoms with Gasteiger partial charge in [0.25, 0.3) is 0 Å². The van der Waals surface area contributed by atoms with E-state index in [1.54, 1.807) is 0 Å². The van der Waals surface area contributed by atoms with Crippen LogP contribution in [0.15, 0.2) is 48.5 Å². The first-order valence-corrected chi connectivity index (χ1v) is 7.06. The van der Waals surface area contributed by atoms with E-state index in [9.17, 15) is 0 Å². The highest BCUT2D eigenvalue weighted by atomic mass is 127. The van der Waals surface area contributed by atoms with Crippen molar-refractivity contribution in [1.82, 2.24) is 4.57 Å². The van der Waals surface area contributed by atoms with Crippen LogP contribution in [0.1, 0.15) is 5.56 Å². The molecular formula is C16H14IN. The summed E-state index contributed by atoms with van der Waals surface area (Å²) >= 11 is 2.45. The average molecular weight is 347 g/mol. The van der Waals surface area contributed by atoms with Gasteiger partial charge in [-0.25, -0.2) is 0 Å². The topological polar surface area (TPSA) is 4.93 Å². The molecule has 0 unspecified atom stereocenters. The van der Waals surface area contributed by atoms with E-state index in [-0.39, 0.29) is 0 Å². The summed E-state index contributed by atoms with van der Waals surface area (Å²) in [5, 5.41) is 1.33. The molecule has 18 heavy (non-hydrogen) atoms. The highest BCUT2D eigenvalue weighted by molar-refractivity contribution is 14.1. The number of para-hydroxylation sites is 1. The highest BCUT2D eigenvalue weighted by Gasteiger charge is 2.13. The lowest BCUT2D eigenvalue weighted by atomic mass is 10.1. The fraction of sp³-hybridized carbons (Fsp3) is 0.125. The van der Waals surface area contributed by atoms with Crippen LogP contribution in [0.4, 0.5) is 0 Å². The van der Waals surface area contributed by atoms with Gasteiger partial charge in [-0.1, -0.05) is 48.0 Å². The van der Waals surface area contributed by atoms with Crippen LogP contribution < -0.4 is 0 Å². The van der Waals surface area contributed by atoms with Crippen molar-refractivity contribution < 1.29 is 0 Å². The maximum atomic E-state index is 2.45. The number of hydrogen-bond donors (Lipinski definition) is 0. The number of rotatable bonds is 1. The molecule has 1 nitrogen and oxygen atoms in total. The van der Waals surface area contributed by atoms with E-state index in [1.165, 1.54) is 31.3 Å². The summed E-state index contributed by atoms with van der Waals surface area (Å²) in [6.07, 6.45) is 0. The first-order valence-electron chi connectivity index (χ1n) is 5.98. The fourth-order valence-corrected chi connectivity index (χ4v) is 3.51. The molecule has 3 rings (SSSR count). The van der Waals surface area contributed by atoms with Crippen LogP contribution in [-0.2, 0) is 7.05 Å². The van der Waals surface area contributed by atoms with Crippen LogP contribution in [0.5, 0.6) is 0 Å². The molecule has 1 heterocycles. The second-order valence-corrected chi connectivity index (χ2v) is 5.68. The van der Waals surface area contributed by atoms with Crippen LogP contribution in [0.2, 0.25) is 0 Å². The van der Waals surface area contributed by atoms with Gasteiger partial charge in [-0.2, -0.15) is 0 Å². The molecule has 0 atom stereocenters. The zero-order valence-electron chi connectivity index (χ0n) is 10.4. The number of aromatic nitrogens is 1. The number of fused-ring (bicyclic) bond motifs is 1. The van der Waals surface area contributed by atoms with E-state index in [1.807, 2.05) is 0 Å². The zero-order chi connectivity index (χ0) is 12.7. The number of nitrogens with zero attached hydrogens (tertiary/aromatic N) is 1. The minimum Gasteiger partial charge on any atom is -0.343 e. The van der Waals surface area contributed by atoms with Gasteiger partial charge >= 0.3 is 0 Å². The number of halogens is 1. The van der Waals surface area contributed by atoms with Gasteiger partial charge in [-0.15, -0.1) is 0 Å². The van der Waals surface area contributed by atoms with Crippen molar-refractivity contribution >= 4 is 33.5 Å². The van der Waals surface area contributed by atoms with Crippen molar-refractivity contribution in [1.29, 1.82) is 0 Å². The van der Waals surface area contributed by atoms with Crippen LogP contribution >= 0.6 is 22.6 Å². The number of benzene rings is 2. The molecule has 3 aromatic rings. The molecule has 2 aromatic carbocycles. The van der Waals surface area contributed by atoms with Gasteiger partial charge in [0.15, 0.2) is 0 Å². The van der Waals surface area contributed by atoms with Crippen LogP contribution in [0.25, 0.3) is 22.2 Å². The molecule has 0 amide bonds. The predicted octanol–water partition coefficient (Wildman–Crippen LogP) is 4.76. The minimum atomic E-state index is 1.28. The smallest absolute Gasteiger partial charge is 0.0624 e. The van der Waals surface area contributed by atoms with Gasteiger partial charge in [0.05, 0.1) is 5.69 Å². The van der Waals surface area contributed by atoms with E-state index in [0.717, 1.165) is 0 Å². The molecule has 0 fully saturated rings. The Morgan fingerprint density at radius 1 is 0.944 bits per heavy atom. The number of aryl methyl sites for hydroxylation is 2. The Morgan fingerprint density at radius 2 is 1.61 bits per heavy atom. The molecule has 0 aliphatic heterocycles. The van der Waals surface area contributed by atoms with E-state index in [2.05, 4.69) is 89.7 Å². The number of hydrogen-bond acceptors (Lipinski definition) is 0. The third-order valence-corrected chi connectivity index (χ3v) is 4.46. The lowest BCUT2D eigenvalue weighted by Crippen LogP contribution is -1.92. The van der Waals surface area contributed by atoms with Gasteiger partial charge in [-0.05, 0) is 41.1 Å². The SMILES string of the molecule is Cc1ccc(-c2c(I)c3ccccc3n2C)cc1. The Balaban J connectivity index is 2.32. The molecule has 90 valence electrons. The summed E-state index contributed by atoms with van der Waals surface area (Å²) in [6.45, 7) is 2.12. The first kappa shape index (κ1) is 11.8. The van der Waals surface area contributed by atoms with E-state index in [0.29, 0.717) is 0 Å². The normalized spacial score (nSPS) is 11.1. The summed E-state index contributed by atoms with van der Waals surface area (Å²) in [5.41, 5.74) is 5.17. The quantitative estimate of drug-likeness (QED) is 0.560. The lowest BCUT2D eigenvalue weighted by molar-refractivity contribution is 0.975. The molecule has 0 saturated carbocycles. The Kier molecular flexibility index (Phi) is 2.90. The second kappa shape index (κ2) is 4.43. The van der Waals surface area contributed by atoms with Gasteiger partial charge < -0.3 is 4.57 Å². The molecule has 0 bridgehead atoms. The molecule has 0 N–H and O–H groups in total. The van der Waals surface area contributed by atoms with Gasteiger partial charge in [-0.3, -0.25) is 0 Å². The van der Waals surface area contributed by atoms with Crippen molar-refractivity contribution in [3.63, 3.8) is 0 Å². The predicted molar refractivity (Wildman–Crippen MR) is 85.8 cm³/mol. The first-order chi connectivity index (χ1) is 8.68. The maximum absolute atomic E-state index is 2.45. The third-order valence-electron chi connectivity index (χ3n) is 3.37. The van der Waals surface area contributed by atoms with Gasteiger partial charge in [0.1, 0.15) is 0 Å². The van der Waals surface area contributed by atoms with E-state index < -0.39 is 0 Å².